The van der Waals surface area contributed by atoms with Gasteiger partial charge in [-0.25, -0.2) is 13.4 Å². The lowest BCUT2D eigenvalue weighted by atomic mass is 10.2. The van der Waals surface area contributed by atoms with Gasteiger partial charge in [0.25, 0.3) is 10.0 Å². The van der Waals surface area contributed by atoms with Crippen LogP contribution in [0.2, 0.25) is 5.15 Å². The number of halogens is 1. The van der Waals surface area contributed by atoms with E-state index in [2.05, 4.69) is 9.71 Å². The molecule has 0 spiro atoms. The summed E-state index contributed by atoms with van der Waals surface area (Å²) in [6, 6.07) is 3.29. The number of nitrogens with one attached hydrogen (secondary N) is 1. The van der Waals surface area contributed by atoms with Crippen LogP contribution in [0.15, 0.2) is 63.9 Å². The molecule has 2 heterocycles. The molecule has 0 aliphatic heterocycles. The van der Waals surface area contributed by atoms with E-state index < -0.39 is 39.1 Å². The molecule has 3 aromatic rings. The van der Waals surface area contributed by atoms with E-state index in [1.807, 2.05) is 0 Å². The van der Waals surface area contributed by atoms with Crippen molar-refractivity contribution < 1.29 is 18.3 Å². The van der Waals surface area contributed by atoms with Crippen molar-refractivity contribution in [3.8, 4) is 11.3 Å². The maximum Gasteiger partial charge on any atom is 0.261 e. The van der Waals surface area contributed by atoms with Crippen molar-refractivity contribution in [2.24, 2.45) is 0 Å². The van der Waals surface area contributed by atoms with E-state index in [1.165, 1.54) is 24.4 Å². The van der Waals surface area contributed by atoms with Gasteiger partial charge < -0.3 is 4.42 Å². The van der Waals surface area contributed by atoms with Gasteiger partial charge in [0.15, 0.2) is 0 Å². The van der Waals surface area contributed by atoms with Crippen LogP contribution in [0.5, 0.6) is 0 Å². The fraction of sp³-hybridized carbons (Fsp3) is 0.0625. The maximum atomic E-state index is 12.7. The summed E-state index contributed by atoms with van der Waals surface area (Å²) in [7, 11) is -4.41. The van der Waals surface area contributed by atoms with E-state index >= 15 is 0 Å². The zero-order chi connectivity index (χ0) is 19.9. The number of pyridine rings is 1. The minimum Gasteiger partial charge on any atom is -0.461 e. The number of furan rings is 1. The van der Waals surface area contributed by atoms with Crippen molar-refractivity contribution in [1.29, 1.82) is 0 Å². The van der Waals surface area contributed by atoms with Gasteiger partial charge in [-0.3, -0.25) is 4.72 Å². The zero-order valence-corrected chi connectivity index (χ0v) is 13.4. The second kappa shape index (κ2) is 6.06. The van der Waals surface area contributed by atoms with Gasteiger partial charge in [-0.2, -0.15) is 0 Å². The molecule has 0 saturated heterocycles. The number of sulfonamides is 1. The lowest BCUT2D eigenvalue weighted by molar-refractivity contribution is 0.548. The Labute approximate surface area is 144 Å². The molecule has 0 aliphatic rings. The first-order valence-electron chi connectivity index (χ1n) is 8.43. The first kappa shape index (κ1) is 11.3. The Morgan fingerprint density at radius 1 is 1.22 bits per heavy atom. The van der Waals surface area contributed by atoms with E-state index in [9.17, 15) is 8.42 Å². The summed E-state index contributed by atoms with van der Waals surface area (Å²) in [6.45, 7) is 1.67. The fourth-order valence-electron chi connectivity index (χ4n) is 1.80. The third-order valence-corrected chi connectivity index (χ3v) is 4.29. The molecule has 7 heteroatoms. The summed E-state index contributed by atoms with van der Waals surface area (Å²) in [5.41, 5.74) is -0.0263. The highest BCUT2D eigenvalue weighted by molar-refractivity contribution is 7.92. The third-order valence-electron chi connectivity index (χ3n) is 2.84. The number of rotatable bonds is 4. The lowest BCUT2D eigenvalue weighted by Gasteiger charge is -2.08. The van der Waals surface area contributed by atoms with Crippen LogP contribution in [0.4, 0.5) is 5.69 Å². The Morgan fingerprint density at radius 3 is 2.57 bits per heavy atom. The quantitative estimate of drug-likeness (QED) is 0.717. The molecule has 0 atom stereocenters. The second-order valence-electron chi connectivity index (χ2n) is 4.59. The highest BCUT2D eigenvalue weighted by Crippen LogP contribution is 2.24. The van der Waals surface area contributed by atoms with Gasteiger partial charge in [-0.05, 0) is 55.4 Å². The van der Waals surface area contributed by atoms with Gasteiger partial charge in [0.05, 0.1) is 16.1 Å². The Balaban J connectivity index is 2.16. The number of nitrogens with zero attached hydrogens (tertiary/aromatic N) is 1. The highest BCUT2D eigenvalue weighted by Gasteiger charge is 2.15. The molecule has 3 rings (SSSR count). The van der Waals surface area contributed by atoms with Gasteiger partial charge in [0.1, 0.15) is 16.7 Å². The van der Waals surface area contributed by atoms with Gasteiger partial charge in [0.2, 0.25) is 0 Å². The van der Waals surface area contributed by atoms with Crippen LogP contribution < -0.4 is 4.72 Å². The first-order chi connectivity index (χ1) is 12.6. The molecule has 2 aromatic heterocycles. The maximum absolute atomic E-state index is 12.7. The summed E-state index contributed by atoms with van der Waals surface area (Å²) >= 11 is 5.73. The van der Waals surface area contributed by atoms with Crippen molar-refractivity contribution >= 4 is 27.3 Å². The van der Waals surface area contributed by atoms with Gasteiger partial charge in [-0.1, -0.05) is 11.6 Å². The van der Waals surface area contributed by atoms with Crippen LogP contribution >= 0.6 is 11.6 Å². The highest BCUT2D eigenvalue weighted by atomic mass is 35.5. The molecule has 0 unspecified atom stereocenters. The molecular formula is C16H13ClN2O3S. The standard InChI is InChI=1S/C16H13ClN2O3S/c1-11-2-7-15(22-11)12-3-5-14(6-4-12)23(20,21)19-13-8-9-18-16(17)10-13/h2-10H,1H3,(H,18,19)/i3D,4D,5D,6D. The molecule has 118 valence electrons. The van der Waals surface area contributed by atoms with E-state index in [0.29, 0.717) is 5.76 Å². The van der Waals surface area contributed by atoms with Gasteiger partial charge in [-0.15, -0.1) is 0 Å². The lowest BCUT2D eigenvalue weighted by Crippen LogP contribution is -2.12. The number of hydrogen-bond acceptors (Lipinski definition) is 4. The van der Waals surface area contributed by atoms with Crippen molar-refractivity contribution in [2.75, 3.05) is 4.72 Å². The number of hydrogen-bond donors (Lipinski definition) is 1. The predicted molar refractivity (Wildman–Crippen MR) is 88.9 cm³/mol. The minimum absolute atomic E-state index is 0.0540. The van der Waals surface area contributed by atoms with E-state index in [-0.39, 0.29) is 22.2 Å². The van der Waals surface area contributed by atoms with Gasteiger partial charge in [0, 0.05) is 11.8 Å². The van der Waals surface area contributed by atoms with Crippen LogP contribution in [-0.4, -0.2) is 13.4 Å². The largest absolute Gasteiger partial charge is 0.461 e. The molecule has 23 heavy (non-hydrogen) atoms. The Bertz CT molecular complexity index is 1120. The van der Waals surface area contributed by atoms with Crippen LogP contribution in [0.25, 0.3) is 11.3 Å². The van der Waals surface area contributed by atoms with Crippen molar-refractivity contribution in [2.45, 2.75) is 11.8 Å². The summed E-state index contributed by atoms with van der Waals surface area (Å²) in [6.07, 6.45) is 1.29. The van der Waals surface area contributed by atoms with Crippen molar-refractivity contribution in [3.63, 3.8) is 0 Å². The third kappa shape index (κ3) is 3.55. The summed E-state index contributed by atoms with van der Waals surface area (Å²) in [5, 5.41) is 0.0540. The van der Waals surface area contributed by atoms with E-state index in [1.54, 1.807) is 13.0 Å². The molecule has 0 bridgehead atoms. The molecular weight excluding hydrogens is 336 g/mol. The minimum atomic E-state index is -4.41. The van der Waals surface area contributed by atoms with E-state index in [4.69, 9.17) is 21.5 Å². The summed E-state index contributed by atoms with van der Waals surface area (Å²) < 4.78 is 65.5. The molecule has 0 saturated carbocycles. The molecule has 0 fully saturated rings. The van der Waals surface area contributed by atoms with Crippen molar-refractivity contribution in [3.05, 3.63) is 65.5 Å². The number of benzene rings is 1. The topological polar surface area (TPSA) is 72.2 Å². The van der Waals surface area contributed by atoms with Crippen LogP contribution in [0.3, 0.4) is 0 Å². The number of aromatic nitrogens is 1. The monoisotopic (exact) mass is 352 g/mol. The van der Waals surface area contributed by atoms with Gasteiger partial charge >= 0.3 is 0 Å². The molecule has 1 N–H and O–H groups in total. The predicted octanol–water partition coefficient (Wildman–Crippen LogP) is 4.10. The summed E-state index contributed by atoms with van der Waals surface area (Å²) in [4.78, 5) is 2.97. The first-order valence-corrected chi connectivity index (χ1v) is 8.29. The zero-order valence-electron chi connectivity index (χ0n) is 15.8. The Hall–Kier alpha value is -2.31. The Kier molecular flexibility index (Phi) is 2.97. The van der Waals surface area contributed by atoms with Crippen LogP contribution in [0.1, 0.15) is 11.2 Å². The molecule has 0 radical (unpaired) electrons. The van der Waals surface area contributed by atoms with Crippen molar-refractivity contribution in [1.82, 2.24) is 4.98 Å². The average molecular weight is 353 g/mol. The fourth-order valence-corrected chi connectivity index (χ4v) is 2.88. The molecule has 1 aromatic carbocycles. The van der Waals surface area contributed by atoms with Crippen LogP contribution in [-0.2, 0) is 10.0 Å². The number of anilines is 1. The smallest absolute Gasteiger partial charge is 0.261 e. The SMILES string of the molecule is [2H]c1c([2H])c(S(=O)(=O)Nc2ccnc(Cl)c2)c([2H])c([2H])c1-c1ccc(C)o1. The second-order valence-corrected chi connectivity index (χ2v) is 6.59. The van der Waals surface area contributed by atoms with E-state index in [0.717, 1.165) is 0 Å². The normalized spacial score (nSPS) is 13.8. The molecule has 0 aliphatic carbocycles. The van der Waals surface area contributed by atoms with Crippen LogP contribution in [0, 0.1) is 6.92 Å². The Morgan fingerprint density at radius 2 is 1.96 bits per heavy atom. The molecule has 0 amide bonds. The molecule has 5 nitrogen and oxygen atoms in total. The number of aryl methyl sites for hydroxylation is 1. The summed E-state index contributed by atoms with van der Waals surface area (Å²) in [5.74, 6) is 0.650. The average Bonchev–Trinajstić information content (AvgIpc) is 2.99.